The normalized spacial score (nSPS) is 16.2. The van der Waals surface area contributed by atoms with Gasteiger partial charge in [-0.3, -0.25) is 5.01 Å². The molecular formula is C22H17Cl3N2O. The second kappa shape index (κ2) is 8.04. The SMILES string of the molecule is COc1ccccc1C1=NN(c2ccc(Cl)c(Cl)c2)[C@@H](c2ccc(Cl)cc2)C1. The third kappa shape index (κ3) is 3.70. The van der Waals surface area contributed by atoms with Crippen molar-refractivity contribution >= 4 is 46.2 Å². The molecule has 0 saturated carbocycles. The Morgan fingerprint density at radius 2 is 1.68 bits per heavy atom. The van der Waals surface area contributed by atoms with Crippen molar-refractivity contribution in [2.24, 2.45) is 5.10 Å². The summed E-state index contributed by atoms with van der Waals surface area (Å²) in [6.07, 6.45) is 0.724. The monoisotopic (exact) mass is 430 g/mol. The van der Waals surface area contributed by atoms with E-state index in [2.05, 4.69) is 0 Å². The number of halogens is 3. The first-order valence-electron chi connectivity index (χ1n) is 8.77. The standard InChI is InChI=1S/C22H17Cl3N2O/c1-28-22-5-3-2-4-17(22)20-13-21(14-6-8-15(23)9-7-14)27(26-20)16-10-11-18(24)19(25)12-16/h2-12,21H,13H2,1H3/t21-/m1/s1. The average Bonchev–Trinajstić information content (AvgIpc) is 3.16. The Morgan fingerprint density at radius 1 is 0.929 bits per heavy atom. The molecule has 1 aliphatic rings. The van der Waals surface area contributed by atoms with Gasteiger partial charge in [-0.2, -0.15) is 5.10 Å². The maximum Gasteiger partial charge on any atom is 0.127 e. The third-order valence-electron chi connectivity index (χ3n) is 4.75. The predicted molar refractivity (Wildman–Crippen MR) is 117 cm³/mol. The molecule has 0 amide bonds. The summed E-state index contributed by atoms with van der Waals surface area (Å²) in [5.74, 6) is 0.798. The number of nitrogens with zero attached hydrogens (tertiary/aromatic N) is 2. The van der Waals surface area contributed by atoms with Gasteiger partial charge >= 0.3 is 0 Å². The van der Waals surface area contributed by atoms with Crippen molar-refractivity contribution in [1.82, 2.24) is 0 Å². The van der Waals surface area contributed by atoms with Crippen LogP contribution in [0.4, 0.5) is 5.69 Å². The van der Waals surface area contributed by atoms with E-state index in [1.165, 1.54) is 0 Å². The first kappa shape index (κ1) is 19.1. The van der Waals surface area contributed by atoms with Crippen molar-refractivity contribution in [1.29, 1.82) is 0 Å². The van der Waals surface area contributed by atoms with Crippen molar-refractivity contribution in [2.45, 2.75) is 12.5 Å². The van der Waals surface area contributed by atoms with E-state index in [9.17, 15) is 0 Å². The van der Waals surface area contributed by atoms with Crippen LogP contribution in [0, 0.1) is 0 Å². The van der Waals surface area contributed by atoms with Gasteiger partial charge < -0.3 is 4.74 Å². The fourth-order valence-corrected chi connectivity index (χ4v) is 3.78. The van der Waals surface area contributed by atoms with E-state index < -0.39 is 0 Å². The van der Waals surface area contributed by atoms with Gasteiger partial charge in [-0.15, -0.1) is 0 Å². The van der Waals surface area contributed by atoms with Crippen LogP contribution in [-0.4, -0.2) is 12.8 Å². The molecule has 28 heavy (non-hydrogen) atoms. The summed E-state index contributed by atoms with van der Waals surface area (Å²) in [6, 6.07) is 21.3. The average molecular weight is 432 g/mol. The van der Waals surface area contributed by atoms with Gasteiger partial charge in [0.2, 0.25) is 0 Å². The van der Waals surface area contributed by atoms with Crippen LogP contribution >= 0.6 is 34.8 Å². The number of ether oxygens (including phenoxy) is 1. The Balaban J connectivity index is 1.79. The Bertz CT molecular complexity index is 1030. The van der Waals surface area contributed by atoms with E-state index in [0.29, 0.717) is 15.1 Å². The molecule has 1 aliphatic heterocycles. The summed E-state index contributed by atoms with van der Waals surface area (Å²) in [5, 5.41) is 8.62. The Labute approximate surface area is 179 Å². The number of hydrogen-bond donors (Lipinski definition) is 0. The zero-order valence-electron chi connectivity index (χ0n) is 15.1. The van der Waals surface area contributed by atoms with Crippen LogP contribution < -0.4 is 9.75 Å². The van der Waals surface area contributed by atoms with Gasteiger partial charge in [-0.1, -0.05) is 59.1 Å². The van der Waals surface area contributed by atoms with Crippen LogP contribution in [0.15, 0.2) is 71.8 Å². The van der Waals surface area contributed by atoms with Crippen LogP contribution in [0.3, 0.4) is 0 Å². The minimum absolute atomic E-state index is 0.00872. The van der Waals surface area contributed by atoms with Gasteiger partial charge in [-0.05, 0) is 48.0 Å². The first-order chi connectivity index (χ1) is 13.6. The molecule has 3 aromatic carbocycles. The van der Waals surface area contributed by atoms with E-state index in [-0.39, 0.29) is 6.04 Å². The lowest BCUT2D eigenvalue weighted by Crippen LogP contribution is -2.18. The smallest absolute Gasteiger partial charge is 0.127 e. The number of rotatable bonds is 4. The van der Waals surface area contributed by atoms with Gasteiger partial charge in [0.25, 0.3) is 0 Å². The lowest BCUT2D eigenvalue weighted by Gasteiger charge is -2.24. The third-order valence-corrected chi connectivity index (χ3v) is 5.74. The van der Waals surface area contributed by atoms with Crippen molar-refractivity contribution in [3.05, 3.63) is 92.9 Å². The lowest BCUT2D eigenvalue weighted by atomic mass is 9.98. The summed E-state index contributed by atoms with van der Waals surface area (Å²) >= 11 is 18.5. The van der Waals surface area contributed by atoms with Crippen LogP contribution in [-0.2, 0) is 0 Å². The van der Waals surface area contributed by atoms with Crippen LogP contribution in [0.1, 0.15) is 23.6 Å². The quantitative estimate of drug-likeness (QED) is 0.444. The number of para-hydroxylation sites is 1. The molecule has 4 rings (SSSR count). The summed E-state index contributed by atoms with van der Waals surface area (Å²) in [6.45, 7) is 0. The second-order valence-corrected chi connectivity index (χ2v) is 7.71. The van der Waals surface area contributed by atoms with E-state index in [0.717, 1.165) is 34.7 Å². The first-order valence-corrected chi connectivity index (χ1v) is 9.91. The number of methoxy groups -OCH3 is 1. The Morgan fingerprint density at radius 3 is 2.39 bits per heavy atom. The molecule has 142 valence electrons. The van der Waals surface area contributed by atoms with E-state index in [4.69, 9.17) is 44.6 Å². The molecule has 3 aromatic rings. The molecule has 1 heterocycles. The van der Waals surface area contributed by atoms with Crippen molar-refractivity contribution in [3.63, 3.8) is 0 Å². The topological polar surface area (TPSA) is 24.8 Å². The predicted octanol–water partition coefficient (Wildman–Crippen LogP) is 7.01. The fourth-order valence-electron chi connectivity index (χ4n) is 3.37. The van der Waals surface area contributed by atoms with Crippen molar-refractivity contribution < 1.29 is 4.74 Å². The molecule has 0 unspecified atom stereocenters. The molecule has 0 bridgehead atoms. The van der Waals surface area contributed by atoms with E-state index in [1.807, 2.05) is 65.7 Å². The highest BCUT2D eigenvalue weighted by Crippen LogP contribution is 2.40. The van der Waals surface area contributed by atoms with Gasteiger partial charge in [0, 0.05) is 17.0 Å². The maximum absolute atomic E-state index is 6.26. The van der Waals surface area contributed by atoms with Crippen molar-refractivity contribution in [2.75, 3.05) is 12.1 Å². The molecule has 1 atom stereocenters. The maximum atomic E-state index is 6.26. The highest BCUT2D eigenvalue weighted by Gasteiger charge is 2.31. The number of hydrogen-bond acceptors (Lipinski definition) is 3. The molecule has 0 N–H and O–H groups in total. The zero-order valence-corrected chi connectivity index (χ0v) is 17.3. The van der Waals surface area contributed by atoms with E-state index >= 15 is 0 Å². The minimum Gasteiger partial charge on any atom is -0.496 e. The van der Waals surface area contributed by atoms with Gasteiger partial charge in [0.05, 0.1) is 34.6 Å². The van der Waals surface area contributed by atoms with Gasteiger partial charge in [0.15, 0.2) is 0 Å². The largest absolute Gasteiger partial charge is 0.496 e. The van der Waals surface area contributed by atoms with E-state index in [1.54, 1.807) is 13.2 Å². The minimum atomic E-state index is 0.00872. The summed E-state index contributed by atoms with van der Waals surface area (Å²) in [4.78, 5) is 0. The number of hydrazone groups is 1. The van der Waals surface area contributed by atoms with Crippen molar-refractivity contribution in [3.8, 4) is 5.75 Å². The van der Waals surface area contributed by atoms with Gasteiger partial charge in [-0.25, -0.2) is 0 Å². The highest BCUT2D eigenvalue weighted by molar-refractivity contribution is 6.42. The number of benzene rings is 3. The lowest BCUT2D eigenvalue weighted by molar-refractivity contribution is 0.414. The Kier molecular flexibility index (Phi) is 5.49. The second-order valence-electron chi connectivity index (χ2n) is 6.46. The molecule has 0 radical (unpaired) electrons. The molecule has 0 fully saturated rings. The molecule has 0 saturated heterocycles. The summed E-state index contributed by atoms with van der Waals surface area (Å²) in [7, 11) is 1.67. The molecular weight excluding hydrogens is 415 g/mol. The molecule has 0 aliphatic carbocycles. The molecule has 0 aromatic heterocycles. The summed E-state index contributed by atoms with van der Waals surface area (Å²) in [5.41, 5.74) is 3.92. The Hall–Kier alpha value is -2.20. The summed E-state index contributed by atoms with van der Waals surface area (Å²) < 4.78 is 5.53. The zero-order chi connectivity index (χ0) is 19.7. The highest BCUT2D eigenvalue weighted by atomic mass is 35.5. The van der Waals surface area contributed by atoms with Crippen LogP contribution in [0.5, 0.6) is 5.75 Å². The molecule has 6 heteroatoms. The fraction of sp³-hybridized carbons (Fsp3) is 0.136. The van der Waals surface area contributed by atoms with Crippen LogP contribution in [0.2, 0.25) is 15.1 Å². The van der Waals surface area contributed by atoms with Crippen LogP contribution in [0.25, 0.3) is 0 Å². The molecule has 0 spiro atoms. The van der Waals surface area contributed by atoms with Gasteiger partial charge in [0.1, 0.15) is 5.75 Å². The number of anilines is 1. The molecule has 3 nitrogen and oxygen atoms in total.